The fourth-order valence-electron chi connectivity index (χ4n) is 1.95. The monoisotopic (exact) mass is 249 g/mol. The summed E-state index contributed by atoms with van der Waals surface area (Å²) in [6.07, 6.45) is 4.33. The van der Waals surface area contributed by atoms with Gasteiger partial charge in [0.2, 0.25) is 0 Å². The number of carbonyl (C=O) groups excluding carboxylic acids is 1. The standard InChI is InChI=1S/C13H19N3O2/c1-16(7-4-12-10-15-6-8-18-12)13(17)11-3-2-5-14-9-11/h2-3,5,9,12,15H,4,6-8,10H2,1H3. The van der Waals surface area contributed by atoms with Crippen molar-refractivity contribution in [3.05, 3.63) is 30.1 Å². The number of nitrogens with one attached hydrogen (secondary N) is 1. The van der Waals surface area contributed by atoms with Crippen molar-refractivity contribution in [1.29, 1.82) is 0 Å². The molecule has 5 nitrogen and oxygen atoms in total. The minimum Gasteiger partial charge on any atom is -0.376 e. The zero-order valence-electron chi connectivity index (χ0n) is 10.6. The number of pyridine rings is 1. The number of amides is 1. The largest absolute Gasteiger partial charge is 0.376 e. The molecule has 0 radical (unpaired) electrons. The molecule has 98 valence electrons. The molecule has 1 atom stereocenters. The molecule has 1 aromatic heterocycles. The molecule has 0 saturated carbocycles. The summed E-state index contributed by atoms with van der Waals surface area (Å²) in [5.41, 5.74) is 0.627. The van der Waals surface area contributed by atoms with Crippen LogP contribution in [0.15, 0.2) is 24.5 Å². The second-order valence-corrected chi connectivity index (χ2v) is 4.45. The Morgan fingerprint density at radius 3 is 3.22 bits per heavy atom. The first kappa shape index (κ1) is 13.0. The molecule has 0 spiro atoms. The van der Waals surface area contributed by atoms with Crippen LogP contribution in [0.4, 0.5) is 0 Å². The number of carbonyl (C=O) groups is 1. The van der Waals surface area contributed by atoms with Crippen LogP contribution in [0.25, 0.3) is 0 Å². The minimum atomic E-state index is 0.00636. The molecule has 1 saturated heterocycles. The van der Waals surface area contributed by atoms with Gasteiger partial charge in [-0.15, -0.1) is 0 Å². The van der Waals surface area contributed by atoms with E-state index in [1.807, 2.05) is 7.05 Å². The van der Waals surface area contributed by atoms with Crippen molar-refractivity contribution in [2.45, 2.75) is 12.5 Å². The highest BCUT2D eigenvalue weighted by Crippen LogP contribution is 2.06. The van der Waals surface area contributed by atoms with Gasteiger partial charge in [0, 0.05) is 39.1 Å². The van der Waals surface area contributed by atoms with Gasteiger partial charge in [-0.3, -0.25) is 9.78 Å². The number of nitrogens with zero attached hydrogens (tertiary/aromatic N) is 2. The summed E-state index contributed by atoms with van der Waals surface area (Å²) in [5, 5.41) is 3.28. The molecule has 5 heteroatoms. The van der Waals surface area contributed by atoms with Crippen molar-refractivity contribution in [3.8, 4) is 0 Å². The minimum absolute atomic E-state index is 0.00636. The molecule has 1 aliphatic heterocycles. The molecular formula is C13H19N3O2. The lowest BCUT2D eigenvalue weighted by atomic mass is 10.2. The van der Waals surface area contributed by atoms with Crippen LogP contribution in [-0.4, -0.2) is 55.2 Å². The molecule has 0 bridgehead atoms. The third-order valence-corrected chi connectivity index (χ3v) is 3.05. The summed E-state index contributed by atoms with van der Waals surface area (Å²) in [7, 11) is 1.81. The fourth-order valence-corrected chi connectivity index (χ4v) is 1.95. The van der Waals surface area contributed by atoms with Gasteiger partial charge < -0.3 is 15.0 Å². The van der Waals surface area contributed by atoms with E-state index in [0.29, 0.717) is 12.1 Å². The fraction of sp³-hybridized carbons (Fsp3) is 0.538. The van der Waals surface area contributed by atoms with Crippen LogP contribution in [0, 0.1) is 0 Å². The predicted octanol–water partition coefficient (Wildman–Crippen LogP) is 0.532. The molecule has 1 fully saturated rings. The summed E-state index contributed by atoms with van der Waals surface area (Å²) in [5.74, 6) is 0.00636. The topological polar surface area (TPSA) is 54.5 Å². The van der Waals surface area contributed by atoms with Gasteiger partial charge in [-0.05, 0) is 18.6 Å². The van der Waals surface area contributed by atoms with Crippen LogP contribution in [-0.2, 0) is 4.74 Å². The zero-order chi connectivity index (χ0) is 12.8. The Labute approximate surface area is 107 Å². The van der Waals surface area contributed by atoms with Crippen molar-refractivity contribution in [1.82, 2.24) is 15.2 Å². The van der Waals surface area contributed by atoms with Gasteiger partial charge in [-0.1, -0.05) is 0 Å². The number of hydrogen-bond donors (Lipinski definition) is 1. The van der Waals surface area contributed by atoms with Gasteiger partial charge in [-0.2, -0.15) is 0 Å². The Bertz CT molecular complexity index is 377. The van der Waals surface area contributed by atoms with E-state index in [0.717, 1.165) is 26.1 Å². The maximum Gasteiger partial charge on any atom is 0.255 e. The highest BCUT2D eigenvalue weighted by Gasteiger charge is 2.16. The molecule has 1 unspecified atom stereocenters. The third kappa shape index (κ3) is 3.51. The first-order valence-corrected chi connectivity index (χ1v) is 6.25. The van der Waals surface area contributed by atoms with Gasteiger partial charge >= 0.3 is 0 Å². The molecule has 0 aliphatic carbocycles. The van der Waals surface area contributed by atoms with Crippen molar-refractivity contribution < 1.29 is 9.53 Å². The van der Waals surface area contributed by atoms with E-state index < -0.39 is 0 Å². The average molecular weight is 249 g/mol. The second-order valence-electron chi connectivity index (χ2n) is 4.45. The van der Waals surface area contributed by atoms with Gasteiger partial charge in [0.25, 0.3) is 5.91 Å². The number of ether oxygens (including phenoxy) is 1. The number of rotatable bonds is 4. The lowest BCUT2D eigenvalue weighted by molar-refractivity contribution is 0.0187. The van der Waals surface area contributed by atoms with Crippen LogP contribution in [0.5, 0.6) is 0 Å². The van der Waals surface area contributed by atoms with Crippen molar-refractivity contribution in [2.75, 3.05) is 33.3 Å². The van der Waals surface area contributed by atoms with Crippen LogP contribution in [0.2, 0.25) is 0 Å². The molecule has 0 aromatic carbocycles. The van der Waals surface area contributed by atoms with Crippen LogP contribution in [0.3, 0.4) is 0 Å². The predicted molar refractivity (Wildman–Crippen MR) is 68.4 cm³/mol. The van der Waals surface area contributed by atoms with Crippen LogP contribution < -0.4 is 5.32 Å². The molecule has 2 rings (SSSR count). The van der Waals surface area contributed by atoms with E-state index in [1.54, 1.807) is 29.4 Å². The van der Waals surface area contributed by atoms with Gasteiger partial charge in [0.1, 0.15) is 0 Å². The maximum absolute atomic E-state index is 12.0. The average Bonchev–Trinajstić information content (AvgIpc) is 2.46. The second kappa shape index (κ2) is 6.47. The molecular weight excluding hydrogens is 230 g/mol. The lowest BCUT2D eigenvalue weighted by Gasteiger charge is -2.26. The Kier molecular flexibility index (Phi) is 4.66. The lowest BCUT2D eigenvalue weighted by Crippen LogP contribution is -2.40. The smallest absolute Gasteiger partial charge is 0.255 e. The van der Waals surface area contributed by atoms with Crippen LogP contribution in [0.1, 0.15) is 16.8 Å². The molecule has 2 heterocycles. The van der Waals surface area contributed by atoms with E-state index >= 15 is 0 Å². The Morgan fingerprint density at radius 1 is 1.67 bits per heavy atom. The molecule has 1 aromatic rings. The molecule has 1 amide bonds. The first-order chi connectivity index (χ1) is 8.77. The summed E-state index contributed by atoms with van der Waals surface area (Å²) in [4.78, 5) is 17.7. The normalized spacial score (nSPS) is 19.5. The molecule has 18 heavy (non-hydrogen) atoms. The van der Waals surface area contributed by atoms with Crippen LogP contribution >= 0.6 is 0 Å². The van der Waals surface area contributed by atoms with E-state index in [2.05, 4.69) is 10.3 Å². The maximum atomic E-state index is 12.0. The number of hydrogen-bond acceptors (Lipinski definition) is 4. The highest BCUT2D eigenvalue weighted by atomic mass is 16.5. The quantitative estimate of drug-likeness (QED) is 0.846. The molecule has 1 aliphatic rings. The van der Waals surface area contributed by atoms with Crippen molar-refractivity contribution in [2.24, 2.45) is 0 Å². The summed E-state index contributed by atoms with van der Waals surface area (Å²) < 4.78 is 5.60. The van der Waals surface area contributed by atoms with Crippen molar-refractivity contribution in [3.63, 3.8) is 0 Å². The van der Waals surface area contributed by atoms with Gasteiger partial charge in [0.15, 0.2) is 0 Å². The molecule has 1 N–H and O–H groups in total. The van der Waals surface area contributed by atoms with Crippen molar-refractivity contribution >= 4 is 5.91 Å². The van der Waals surface area contributed by atoms with E-state index in [1.165, 1.54) is 0 Å². The first-order valence-electron chi connectivity index (χ1n) is 6.25. The third-order valence-electron chi connectivity index (χ3n) is 3.05. The summed E-state index contributed by atoms with van der Waals surface area (Å²) in [6, 6.07) is 3.56. The zero-order valence-corrected chi connectivity index (χ0v) is 10.6. The number of aromatic nitrogens is 1. The van der Waals surface area contributed by atoms with Gasteiger partial charge in [-0.25, -0.2) is 0 Å². The summed E-state index contributed by atoms with van der Waals surface area (Å²) in [6.45, 7) is 3.24. The number of morpholine rings is 1. The van der Waals surface area contributed by atoms with E-state index in [4.69, 9.17) is 4.74 Å². The Hall–Kier alpha value is -1.46. The SMILES string of the molecule is CN(CCC1CNCCO1)C(=O)c1cccnc1. The Morgan fingerprint density at radius 2 is 2.56 bits per heavy atom. The van der Waals surface area contributed by atoms with Gasteiger partial charge in [0.05, 0.1) is 18.3 Å². The highest BCUT2D eigenvalue weighted by molar-refractivity contribution is 5.93. The van der Waals surface area contributed by atoms with E-state index in [-0.39, 0.29) is 12.0 Å². The van der Waals surface area contributed by atoms with E-state index in [9.17, 15) is 4.79 Å². The summed E-state index contributed by atoms with van der Waals surface area (Å²) >= 11 is 0. The Balaban J connectivity index is 1.80.